The highest BCUT2D eigenvalue weighted by Gasteiger charge is 2.32. The van der Waals surface area contributed by atoms with E-state index < -0.39 is 0 Å². The highest BCUT2D eigenvalue weighted by molar-refractivity contribution is 5.79. The molecule has 2 atom stereocenters. The molecule has 0 N–H and O–H groups in total. The summed E-state index contributed by atoms with van der Waals surface area (Å²) in [6.07, 6.45) is 10.7. The largest absolute Gasteiger partial charge is 0.339 e. The second-order valence-corrected chi connectivity index (χ2v) is 7.54. The first-order valence-corrected chi connectivity index (χ1v) is 9.60. The molecule has 0 unspecified atom stereocenters. The molecule has 138 valence electrons. The Labute approximate surface area is 150 Å². The topological polar surface area (TPSA) is 58.4 Å². The molecule has 25 heavy (non-hydrogen) atoms. The number of aromatic nitrogens is 2. The number of hydrogen-bond acceptors (Lipinski definition) is 3. The standard InChI is InChI=1S/C19H30N4O2/c1-15-12-20-21(13-15)14-18-8-4-6-10-23(18)19(25)11-17-7-3-5-9-22(17)16(2)24/h12-13,17-18H,3-11,14H2,1-2H3/t17-,18+/m0/s1. The van der Waals surface area contributed by atoms with Crippen LogP contribution in [0.2, 0.25) is 0 Å². The van der Waals surface area contributed by atoms with E-state index >= 15 is 0 Å². The maximum Gasteiger partial charge on any atom is 0.224 e. The number of piperidine rings is 2. The first kappa shape index (κ1) is 18.0. The molecule has 1 aromatic heterocycles. The van der Waals surface area contributed by atoms with Crippen LogP contribution in [-0.2, 0) is 16.1 Å². The third-order valence-electron chi connectivity index (χ3n) is 5.55. The van der Waals surface area contributed by atoms with E-state index in [9.17, 15) is 9.59 Å². The summed E-state index contributed by atoms with van der Waals surface area (Å²) < 4.78 is 1.95. The fourth-order valence-electron chi connectivity index (χ4n) is 4.25. The Morgan fingerprint density at radius 1 is 1.08 bits per heavy atom. The number of aryl methyl sites for hydroxylation is 1. The summed E-state index contributed by atoms with van der Waals surface area (Å²) in [5, 5.41) is 4.38. The summed E-state index contributed by atoms with van der Waals surface area (Å²) in [5.74, 6) is 0.298. The summed E-state index contributed by atoms with van der Waals surface area (Å²) in [4.78, 5) is 28.8. The van der Waals surface area contributed by atoms with Crippen LogP contribution in [0, 0.1) is 6.92 Å². The molecule has 2 saturated heterocycles. The molecule has 0 aliphatic carbocycles. The van der Waals surface area contributed by atoms with Gasteiger partial charge in [0.15, 0.2) is 0 Å². The van der Waals surface area contributed by atoms with Crippen LogP contribution in [0.3, 0.4) is 0 Å². The molecule has 6 nitrogen and oxygen atoms in total. The van der Waals surface area contributed by atoms with Gasteiger partial charge in [0, 0.05) is 38.7 Å². The van der Waals surface area contributed by atoms with Gasteiger partial charge in [-0.1, -0.05) is 0 Å². The lowest BCUT2D eigenvalue weighted by molar-refractivity contribution is -0.139. The van der Waals surface area contributed by atoms with Crippen LogP contribution in [0.1, 0.15) is 57.4 Å². The van der Waals surface area contributed by atoms with Gasteiger partial charge in [-0.15, -0.1) is 0 Å². The second kappa shape index (κ2) is 8.02. The highest BCUT2D eigenvalue weighted by Crippen LogP contribution is 2.24. The molecule has 2 aliphatic rings. The summed E-state index contributed by atoms with van der Waals surface area (Å²) in [5.41, 5.74) is 1.15. The van der Waals surface area contributed by atoms with Gasteiger partial charge in [-0.2, -0.15) is 5.10 Å². The third-order valence-corrected chi connectivity index (χ3v) is 5.55. The molecule has 0 aromatic carbocycles. The Hall–Kier alpha value is -1.85. The lowest BCUT2D eigenvalue weighted by Gasteiger charge is -2.39. The van der Waals surface area contributed by atoms with Crippen LogP contribution in [0.25, 0.3) is 0 Å². The first-order chi connectivity index (χ1) is 12.0. The third kappa shape index (κ3) is 4.41. The van der Waals surface area contributed by atoms with Gasteiger partial charge in [-0.05, 0) is 51.0 Å². The van der Waals surface area contributed by atoms with Crippen molar-refractivity contribution in [2.45, 2.75) is 77.4 Å². The van der Waals surface area contributed by atoms with Crippen molar-refractivity contribution < 1.29 is 9.59 Å². The number of hydrogen-bond donors (Lipinski definition) is 0. The van der Waals surface area contributed by atoms with E-state index in [1.807, 2.05) is 33.8 Å². The molecule has 2 aliphatic heterocycles. The molecule has 1 aromatic rings. The molecule has 6 heteroatoms. The zero-order chi connectivity index (χ0) is 17.8. The van der Waals surface area contributed by atoms with E-state index in [1.54, 1.807) is 6.92 Å². The van der Waals surface area contributed by atoms with Crippen LogP contribution in [0.15, 0.2) is 12.4 Å². The van der Waals surface area contributed by atoms with Crippen molar-refractivity contribution in [3.8, 4) is 0 Å². The Kier molecular flexibility index (Phi) is 5.76. The maximum absolute atomic E-state index is 13.0. The summed E-state index contributed by atoms with van der Waals surface area (Å²) in [6, 6.07) is 0.295. The zero-order valence-corrected chi connectivity index (χ0v) is 15.5. The Morgan fingerprint density at radius 3 is 2.40 bits per heavy atom. The van der Waals surface area contributed by atoms with E-state index in [4.69, 9.17) is 0 Å². The minimum absolute atomic E-state index is 0.0771. The smallest absolute Gasteiger partial charge is 0.224 e. The van der Waals surface area contributed by atoms with E-state index in [-0.39, 0.29) is 23.9 Å². The first-order valence-electron chi connectivity index (χ1n) is 9.60. The lowest BCUT2D eigenvalue weighted by atomic mass is 9.96. The second-order valence-electron chi connectivity index (χ2n) is 7.54. The van der Waals surface area contributed by atoms with Gasteiger partial charge in [0.25, 0.3) is 0 Å². The average Bonchev–Trinajstić information content (AvgIpc) is 3.00. The SMILES string of the molecule is CC(=O)N1CCCC[C@H]1CC(=O)N1CCCC[C@@H]1Cn1cc(C)cn1. The van der Waals surface area contributed by atoms with Gasteiger partial charge >= 0.3 is 0 Å². The summed E-state index contributed by atoms with van der Waals surface area (Å²) >= 11 is 0. The minimum Gasteiger partial charge on any atom is -0.339 e. The molecule has 2 fully saturated rings. The molecule has 2 amide bonds. The number of carbonyl (C=O) groups excluding carboxylic acids is 2. The van der Waals surface area contributed by atoms with E-state index in [0.29, 0.717) is 6.42 Å². The van der Waals surface area contributed by atoms with Crippen molar-refractivity contribution in [1.82, 2.24) is 19.6 Å². The predicted octanol–water partition coefficient (Wildman–Crippen LogP) is 2.36. The predicted molar refractivity (Wildman–Crippen MR) is 96.0 cm³/mol. The quantitative estimate of drug-likeness (QED) is 0.841. The van der Waals surface area contributed by atoms with Crippen molar-refractivity contribution in [1.29, 1.82) is 0 Å². The van der Waals surface area contributed by atoms with Crippen LogP contribution in [0.4, 0.5) is 0 Å². The maximum atomic E-state index is 13.0. The van der Waals surface area contributed by atoms with Gasteiger partial charge in [0.05, 0.1) is 18.8 Å². The lowest BCUT2D eigenvalue weighted by Crippen LogP contribution is -2.50. The van der Waals surface area contributed by atoms with Gasteiger partial charge in [-0.3, -0.25) is 14.3 Å². The fourth-order valence-corrected chi connectivity index (χ4v) is 4.25. The number of amides is 2. The van der Waals surface area contributed by atoms with Crippen LogP contribution >= 0.6 is 0 Å². The molecule has 0 bridgehead atoms. The van der Waals surface area contributed by atoms with Gasteiger partial charge in [0.2, 0.25) is 11.8 Å². The van der Waals surface area contributed by atoms with Crippen molar-refractivity contribution in [3.05, 3.63) is 18.0 Å². The van der Waals surface area contributed by atoms with Crippen LogP contribution in [0.5, 0.6) is 0 Å². The molecule has 3 rings (SSSR count). The number of rotatable bonds is 4. The number of carbonyl (C=O) groups is 2. The van der Waals surface area contributed by atoms with Crippen molar-refractivity contribution in [3.63, 3.8) is 0 Å². The molecule has 3 heterocycles. The van der Waals surface area contributed by atoms with Crippen LogP contribution in [-0.4, -0.2) is 56.6 Å². The van der Waals surface area contributed by atoms with Gasteiger partial charge in [-0.25, -0.2) is 0 Å². The van der Waals surface area contributed by atoms with Gasteiger partial charge < -0.3 is 9.80 Å². The Bertz CT molecular complexity index is 612. The van der Waals surface area contributed by atoms with Crippen molar-refractivity contribution >= 4 is 11.8 Å². The average molecular weight is 346 g/mol. The molecule has 0 saturated carbocycles. The normalized spacial score (nSPS) is 24.4. The van der Waals surface area contributed by atoms with E-state index in [0.717, 1.165) is 63.7 Å². The molecule has 0 spiro atoms. The van der Waals surface area contributed by atoms with Crippen molar-refractivity contribution in [2.75, 3.05) is 13.1 Å². The number of nitrogens with zero attached hydrogens (tertiary/aromatic N) is 4. The van der Waals surface area contributed by atoms with E-state index in [1.165, 1.54) is 0 Å². The Morgan fingerprint density at radius 2 is 1.76 bits per heavy atom. The highest BCUT2D eigenvalue weighted by atomic mass is 16.2. The molecule has 0 radical (unpaired) electrons. The Balaban J connectivity index is 1.64. The summed E-state index contributed by atoms with van der Waals surface area (Å²) in [6.45, 7) is 6.04. The van der Waals surface area contributed by atoms with Crippen molar-refractivity contribution in [2.24, 2.45) is 0 Å². The fraction of sp³-hybridized carbons (Fsp3) is 0.737. The van der Waals surface area contributed by atoms with Gasteiger partial charge in [0.1, 0.15) is 0 Å². The minimum atomic E-state index is 0.0771. The zero-order valence-electron chi connectivity index (χ0n) is 15.5. The molecular formula is C19H30N4O2. The molecular weight excluding hydrogens is 316 g/mol. The summed E-state index contributed by atoms with van der Waals surface area (Å²) in [7, 11) is 0. The van der Waals surface area contributed by atoms with Crippen LogP contribution < -0.4 is 0 Å². The number of likely N-dealkylation sites (tertiary alicyclic amines) is 2. The monoisotopic (exact) mass is 346 g/mol. The van der Waals surface area contributed by atoms with E-state index in [2.05, 4.69) is 5.10 Å².